The lowest BCUT2D eigenvalue weighted by Crippen LogP contribution is -2.31. The number of amides is 1. The normalized spacial score (nSPS) is 12.8. The van der Waals surface area contributed by atoms with Crippen molar-refractivity contribution in [2.24, 2.45) is 17.4 Å². The number of primary amides is 1. The number of rotatable bonds is 10. The van der Waals surface area contributed by atoms with Gasteiger partial charge >= 0.3 is 0 Å². The van der Waals surface area contributed by atoms with E-state index >= 15 is 0 Å². The number of carbonyl (C=O) groups is 1. The summed E-state index contributed by atoms with van der Waals surface area (Å²) >= 11 is 0. The highest BCUT2D eigenvalue weighted by molar-refractivity contribution is 8.77. The van der Waals surface area contributed by atoms with Crippen molar-refractivity contribution >= 4 is 33.2 Å². The molecule has 23 heavy (non-hydrogen) atoms. The standard InChI is InChI=1S/C14H22N4O3S2/c1-14(2,10(4-3-7-15)8-12(16)19)23-22-13-6-5-11(9-17-13)18(20)21/h5-6,9-10H,3-4,7-8,15H2,1-2H3,(H2,16,19). The molecule has 1 aromatic heterocycles. The molecule has 0 saturated heterocycles. The second-order valence-corrected chi connectivity index (χ2v) is 8.48. The third kappa shape index (κ3) is 6.76. The van der Waals surface area contributed by atoms with Crippen LogP contribution in [0.3, 0.4) is 0 Å². The van der Waals surface area contributed by atoms with Crippen molar-refractivity contribution in [3.8, 4) is 0 Å². The van der Waals surface area contributed by atoms with E-state index in [2.05, 4.69) is 18.8 Å². The van der Waals surface area contributed by atoms with E-state index < -0.39 is 4.92 Å². The molecule has 1 rings (SSSR count). The predicted molar refractivity (Wildman–Crippen MR) is 94.0 cm³/mol. The second-order valence-electron chi connectivity index (χ2n) is 5.68. The summed E-state index contributed by atoms with van der Waals surface area (Å²) in [7, 11) is 3.02. The van der Waals surface area contributed by atoms with E-state index in [4.69, 9.17) is 11.5 Å². The highest BCUT2D eigenvalue weighted by Crippen LogP contribution is 2.46. The Hall–Kier alpha value is -1.32. The lowest BCUT2D eigenvalue weighted by atomic mass is 9.87. The Kier molecular flexibility index (Phi) is 7.80. The van der Waals surface area contributed by atoms with Gasteiger partial charge in [0.05, 0.1) is 4.92 Å². The van der Waals surface area contributed by atoms with E-state index in [-0.39, 0.29) is 22.3 Å². The van der Waals surface area contributed by atoms with Gasteiger partial charge in [-0.15, -0.1) is 0 Å². The third-order valence-electron chi connectivity index (χ3n) is 3.46. The molecule has 0 saturated carbocycles. The zero-order valence-electron chi connectivity index (χ0n) is 13.2. The molecule has 1 unspecified atom stereocenters. The molecule has 7 nitrogen and oxygen atoms in total. The summed E-state index contributed by atoms with van der Waals surface area (Å²) in [6.45, 7) is 4.69. The lowest BCUT2D eigenvalue weighted by Gasteiger charge is -2.32. The first kappa shape index (κ1) is 19.7. The van der Waals surface area contributed by atoms with Crippen LogP contribution in [0.5, 0.6) is 0 Å². The Morgan fingerprint density at radius 1 is 1.48 bits per heavy atom. The number of pyridine rings is 1. The van der Waals surface area contributed by atoms with E-state index in [9.17, 15) is 14.9 Å². The van der Waals surface area contributed by atoms with Crippen molar-refractivity contribution in [3.05, 3.63) is 28.4 Å². The fraction of sp³-hybridized carbons (Fsp3) is 0.571. The summed E-state index contributed by atoms with van der Waals surface area (Å²) < 4.78 is -0.210. The Morgan fingerprint density at radius 2 is 2.17 bits per heavy atom. The fourth-order valence-corrected chi connectivity index (χ4v) is 4.51. The van der Waals surface area contributed by atoms with E-state index in [1.807, 2.05) is 0 Å². The Labute approximate surface area is 143 Å². The number of aromatic nitrogens is 1. The summed E-state index contributed by atoms with van der Waals surface area (Å²) in [5.41, 5.74) is 10.9. The van der Waals surface area contributed by atoms with Crippen LogP contribution in [0.25, 0.3) is 0 Å². The number of hydrogen-bond donors (Lipinski definition) is 2. The van der Waals surface area contributed by atoms with Gasteiger partial charge in [0.2, 0.25) is 5.91 Å². The number of hydrogen-bond acceptors (Lipinski definition) is 7. The molecule has 1 atom stereocenters. The predicted octanol–water partition coefficient (Wildman–Crippen LogP) is 2.74. The maximum Gasteiger partial charge on any atom is 0.287 e. The summed E-state index contributed by atoms with van der Waals surface area (Å²) in [5.74, 6) is -0.210. The average Bonchev–Trinajstić information content (AvgIpc) is 2.49. The summed E-state index contributed by atoms with van der Waals surface area (Å²) in [6, 6.07) is 3.05. The van der Waals surface area contributed by atoms with E-state index in [1.54, 1.807) is 16.9 Å². The van der Waals surface area contributed by atoms with E-state index in [0.717, 1.165) is 12.8 Å². The molecule has 0 aliphatic rings. The van der Waals surface area contributed by atoms with Gasteiger partial charge in [-0.25, -0.2) is 4.98 Å². The molecule has 1 aromatic rings. The molecule has 0 aromatic carbocycles. The average molecular weight is 358 g/mol. The van der Waals surface area contributed by atoms with Gasteiger partial charge in [0.1, 0.15) is 11.2 Å². The molecule has 0 bridgehead atoms. The van der Waals surface area contributed by atoms with Crippen molar-refractivity contribution in [2.75, 3.05) is 6.54 Å². The molecule has 0 fully saturated rings. The van der Waals surface area contributed by atoms with Crippen LogP contribution in [-0.4, -0.2) is 27.1 Å². The highest BCUT2D eigenvalue weighted by Gasteiger charge is 2.31. The molecule has 128 valence electrons. The van der Waals surface area contributed by atoms with Crippen LogP contribution in [0.1, 0.15) is 33.1 Å². The maximum atomic E-state index is 11.3. The van der Waals surface area contributed by atoms with Crippen molar-refractivity contribution in [3.63, 3.8) is 0 Å². The summed E-state index contributed by atoms with van der Waals surface area (Å²) in [4.78, 5) is 25.5. The van der Waals surface area contributed by atoms with Crippen molar-refractivity contribution in [1.82, 2.24) is 4.98 Å². The minimum atomic E-state index is -0.478. The van der Waals surface area contributed by atoms with Gasteiger partial charge in [-0.2, -0.15) is 0 Å². The number of nitrogens with zero attached hydrogens (tertiary/aromatic N) is 2. The van der Waals surface area contributed by atoms with Gasteiger partial charge in [0.25, 0.3) is 5.69 Å². The van der Waals surface area contributed by atoms with Crippen molar-refractivity contribution in [1.29, 1.82) is 0 Å². The zero-order valence-corrected chi connectivity index (χ0v) is 14.9. The SMILES string of the molecule is CC(C)(SSc1ccc([N+](=O)[O-])cn1)C(CCCN)CC(N)=O. The van der Waals surface area contributed by atoms with Gasteiger partial charge in [0.15, 0.2) is 0 Å². The van der Waals surface area contributed by atoms with Crippen LogP contribution in [0.15, 0.2) is 23.4 Å². The van der Waals surface area contributed by atoms with E-state index in [1.165, 1.54) is 23.1 Å². The number of nitro groups is 1. The van der Waals surface area contributed by atoms with Crippen LogP contribution in [0.2, 0.25) is 0 Å². The Bertz CT molecular complexity index is 537. The minimum Gasteiger partial charge on any atom is -0.370 e. The largest absolute Gasteiger partial charge is 0.370 e. The van der Waals surface area contributed by atoms with Gasteiger partial charge in [-0.05, 0) is 56.0 Å². The van der Waals surface area contributed by atoms with Gasteiger partial charge < -0.3 is 11.5 Å². The first-order chi connectivity index (χ1) is 10.8. The molecule has 0 spiro atoms. The van der Waals surface area contributed by atoms with Crippen LogP contribution in [0, 0.1) is 16.0 Å². The Balaban J connectivity index is 2.70. The maximum absolute atomic E-state index is 11.3. The molecular weight excluding hydrogens is 336 g/mol. The number of carbonyl (C=O) groups excluding carboxylic acids is 1. The quantitative estimate of drug-likeness (QED) is 0.374. The van der Waals surface area contributed by atoms with Crippen molar-refractivity contribution < 1.29 is 9.72 Å². The van der Waals surface area contributed by atoms with Crippen molar-refractivity contribution in [2.45, 2.75) is 42.9 Å². The minimum absolute atomic E-state index is 0.0341. The highest BCUT2D eigenvalue weighted by atomic mass is 33.1. The van der Waals surface area contributed by atoms with Gasteiger partial charge in [-0.3, -0.25) is 14.9 Å². The fourth-order valence-electron chi connectivity index (χ4n) is 2.05. The summed E-state index contributed by atoms with van der Waals surface area (Å²) in [6.07, 6.45) is 3.22. The molecule has 9 heteroatoms. The third-order valence-corrected chi connectivity index (χ3v) is 6.77. The molecular formula is C14H22N4O3S2. The van der Waals surface area contributed by atoms with Crippen LogP contribution in [0.4, 0.5) is 5.69 Å². The summed E-state index contributed by atoms with van der Waals surface area (Å²) in [5, 5.41) is 11.3. The monoisotopic (exact) mass is 358 g/mol. The smallest absolute Gasteiger partial charge is 0.287 e. The van der Waals surface area contributed by atoms with Gasteiger partial charge in [-0.1, -0.05) is 10.8 Å². The van der Waals surface area contributed by atoms with Gasteiger partial charge in [0, 0.05) is 17.2 Å². The van der Waals surface area contributed by atoms with Crippen LogP contribution in [-0.2, 0) is 4.79 Å². The van der Waals surface area contributed by atoms with E-state index in [0.29, 0.717) is 18.0 Å². The molecule has 0 aliphatic carbocycles. The lowest BCUT2D eigenvalue weighted by molar-refractivity contribution is -0.385. The topological polar surface area (TPSA) is 125 Å². The molecule has 1 heterocycles. The zero-order chi connectivity index (χ0) is 17.5. The molecule has 1 amide bonds. The van der Waals surface area contributed by atoms with Crippen LogP contribution >= 0.6 is 21.6 Å². The second kappa shape index (κ2) is 9.09. The first-order valence-electron chi connectivity index (χ1n) is 7.20. The molecule has 0 radical (unpaired) electrons. The first-order valence-corrected chi connectivity index (χ1v) is 9.35. The molecule has 4 N–H and O–H groups in total. The Morgan fingerprint density at radius 3 is 2.65 bits per heavy atom. The number of nitrogens with two attached hydrogens (primary N) is 2. The molecule has 0 aliphatic heterocycles. The van der Waals surface area contributed by atoms with Crippen LogP contribution < -0.4 is 11.5 Å².